The normalized spacial score (nSPS) is 12.8. The monoisotopic (exact) mass is 350 g/mol. The molecule has 96 valence electrons. The predicted molar refractivity (Wildman–Crippen MR) is 61.9 cm³/mol. The Balaban J connectivity index is 3.24. The Morgan fingerprint density at radius 3 is 2.29 bits per heavy atom. The van der Waals surface area contributed by atoms with Crippen LogP contribution in [0.5, 0.6) is 0 Å². The van der Waals surface area contributed by atoms with Crippen molar-refractivity contribution in [2.45, 2.75) is 11.1 Å². The molecule has 0 amide bonds. The molecule has 0 aliphatic heterocycles. The molecule has 0 aromatic heterocycles. The van der Waals surface area contributed by atoms with E-state index in [1.807, 2.05) is 0 Å². The first kappa shape index (κ1) is 14.8. The van der Waals surface area contributed by atoms with Gasteiger partial charge in [0.2, 0.25) is 0 Å². The van der Waals surface area contributed by atoms with Gasteiger partial charge in [-0.15, -0.1) is 11.6 Å². The summed E-state index contributed by atoms with van der Waals surface area (Å²) < 4.78 is 60.2. The quantitative estimate of drug-likeness (QED) is 0.781. The number of benzene rings is 1. The number of alkyl halides is 4. The summed E-state index contributed by atoms with van der Waals surface area (Å²) in [5, 5.41) is 0. The van der Waals surface area contributed by atoms with Gasteiger partial charge in [-0.05, 0) is 34.1 Å². The van der Waals surface area contributed by atoms with E-state index in [2.05, 4.69) is 15.9 Å². The van der Waals surface area contributed by atoms with Gasteiger partial charge in [-0.3, -0.25) is 0 Å². The molecule has 0 N–H and O–H groups in total. The molecule has 0 spiro atoms. The molecular weight excluding hydrogens is 345 g/mol. The highest BCUT2D eigenvalue weighted by molar-refractivity contribution is 9.10. The first-order valence-electron chi connectivity index (χ1n) is 4.34. The van der Waals surface area contributed by atoms with Gasteiger partial charge in [0.1, 0.15) is 0 Å². The summed E-state index contributed by atoms with van der Waals surface area (Å²) in [6.45, 7) is 0. The lowest BCUT2D eigenvalue weighted by Gasteiger charge is -2.10. The van der Waals surface area contributed by atoms with E-state index in [0.29, 0.717) is 0 Å². The van der Waals surface area contributed by atoms with Crippen LogP contribution in [0.15, 0.2) is 27.6 Å². The van der Waals surface area contributed by atoms with Crippen molar-refractivity contribution >= 4 is 37.4 Å². The average Bonchev–Trinajstić information content (AvgIpc) is 2.15. The lowest BCUT2D eigenvalue weighted by atomic mass is 10.2. The molecule has 0 atom stereocenters. The molecule has 2 nitrogen and oxygen atoms in total. The van der Waals surface area contributed by atoms with Crippen molar-refractivity contribution in [3.05, 3.63) is 28.2 Å². The molecule has 0 saturated heterocycles. The Bertz CT molecular complexity index is 513. The Hall–Kier alpha value is -0.270. The molecule has 1 aromatic rings. The Kier molecular flexibility index (Phi) is 4.49. The molecule has 8 heteroatoms. The van der Waals surface area contributed by atoms with Gasteiger partial charge in [-0.25, -0.2) is 8.42 Å². The molecule has 0 aliphatic carbocycles. The van der Waals surface area contributed by atoms with Crippen molar-refractivity contribution in [1.82, 2.24) is 0 Å². The van der Waals surface area contributed by atoms with Crippen molar-refractivity contribution in [3.63, 3.8) is 0 Å². The minimum atomic E-state index is -4.50. The van der Waals surface area contributed by atoms with Crippen molar-refractivity contribution < 1.29 is 21.6 Å². The zero-order valence-corrected chi connectivity index (χ0v) is 11.4. The van der Waals surface area contributed by atoms with Gasteiger partial charge >= 0.3 is 6.18 Å². The molecule has 0 aliphatic rings. The fourth-order valence-corrected chi connectivity index (χ4v) is 3.92. The van der Waals surface area contributed by atoms with Gasteiger partial charge in [0, 0.05) is 10.4 Å². The highest BCUT2D eigenvalue weighted by Crippen LogP contribution is 2.33. The molecule has 1 aromatic carbocycles. The van der Waals surface area contributed by atoms with E-state index in [0.717, 1.165) is 18.2 Å². The summed E-state index contributed by atoms with van der Waals surface area (Å²) in [6, 6.07) is 2.39. The lowest BCUT2D eigenvalue weighted by Crippen LogP contribution is -2.10. The van der Waals surface area contributed by atoms with Crippen LogP contribution in [0.4, 0.5) is 13.2 Å². The first-order chi connectivity index (χ1) is 7.68. The van der Waals surface area contributed by atoms with Crippen molar-refractivity contribution in [3.8, 4) is 0 Å². The zero-order chi connectivity index (χ0) is 13.3. The summed E-state index contributed by atoms with van der Waals surface area (Å²) in [7, 11) is -3.65. The Labute approximate surface area is 110 Å². The summed E-state index contributed by atoms with van der Waals surface area (Å²) in [5.41, 5.74) is -0.908. The highest BCUT2D eigenvalue weighted by atomic mass is 79.9. The van der Waals surface area contributed by atoms with Crippen molar-refractivity contribution in [2.24, 2.45) is 0 Å². The average molecular weight is 352 g/mol. The van der Waals surface area contributed by atoms with E-state index in [4.69, 9.17) is 11.6 Å². The van der Waals surface area contributed by atoms with Crippen LogP contribution >= 0.6 is 27.5 Å². The van der Waals surface area contributed by atoms with Gasteiger partial charge in [0.25, 0.3) is 0 Å². The molecule has 0 saturated carbocycles. The van der Waals surface area contributed by atoms with Crippen molar-refractivity contribution in [2.75, 3.05) is 11.6 Å². The summed E-state index contributed by atoms with van der Waals surface area (Å²) in [5.74, 6) is -0.436. The molecule has 1 rings (SSSR count). The van der Waals surface area contributed by atoms with Crippen LogP contribution in [0.3, 0.4) is 0 Å². The second-order valence-electron chi connectivity index (χ2n) is 3.15. The molecule has 0 radical (unpaired) electrons. The SMILES string of the molecule is O=S(=O)(CCCl)c1ccc(C(F)(F)F)cc1Br. The van der Waals surface area contributed by atoms with E-state index in [1.54, 1.807) is 0 Å². The highest BCUT2D eigenvalue weighted by Gasteiger charge is 2.31. The maximum absolute atomic E-state index is 12.4. The largest absolute Gasteiger partial charge is 0.416 e. The maximum Gasteiger partial charge on any atom is 0.416 e. The smallest absolute Gasteiger partial charge is 0.224 e. The predicted octanol–water partition coefficient (Wildman–Crippen LogP) is 3.48. The number of sulfone groups is 1. The van der Waals surface area contributed by atoms with Crippen LogP contribution in [0.2, 0.25) is 0 Å². The third-order valence-corrected chi connectivity index (χ3v) is 5.04. The van der Waals surface area contributed by atoms with Gasteiger partial charge in [-0.1, -0.05) is 0 Å². The fraction of sp³-hybridized carbons (Fsp3) is 0.333. The van der Waals surface area contributed by atoms with Crippen LogP contribution in [-0.4, -0.2) is 20.1 Å². The van der Waals surface area contributed by atoms with Crippen LogP contribution in [0.1, 0.15) is 5.56 Å². The standard InChI is InChI=1S/C9H7BrClF3O2S/c10-7-5-6(9(12,13)14)1-2-8(7)17(15,16)4-3-11/h1-2,5H,3-4H2. The number of hydrogen-bond acceptors (Lipinski definition) is 2. The molecule has 0 fully saturated rings. The molecule has 17 heavy (non-hydrogen) atoms. The lowest BCUT2D eigenvalue weighted by molar-refractivity contribution is -0.137. The van der Waals surface area contributed by atoms with E-state index >= 15 is 0 Å². The Morgan fingerprint density at radius 1 is 1.29 bits per heavy atom. The summed E-state index contributed by atoms with van der Waals surface area (Å²) in [6.07, 6.45) is -4.50. The third kappa shape index (κ3) is 3.59. The van der Waals surface area contributed by atoms with Gasteiger partial charge in [0.05, 0.1) is 16.2 Å². The summed E-state index contributed by atoms with van der Waals surface area (Å²) in [4.78, 5) is -0.189. The molecule has 0 bridgehead atoms. The molecule has 0 heterocycles. The second kappa shape index (κ2) is 5.16. The minimum absolute atomic E-state index is 0.113. The second-order valence-corrected chi connectivity index (χ2v) is 6.46. The van der Waals surface area contributed by atoms with Crippen LogP contribution in [0, 0.1) is 0 Å². The van der Waals surface area contributed by atoms with Crippen LogP contribution in [0.25, 0.3) is 0 Å². The van der Waals surface area contributed by atoms with Crippen LogP contribution < -0.4 is 0 Å². The first-order valence-corrected chi connectivity index (χ1v) is 7.32. The summed E-state index contributed by atoms with van der Waals surface area (Å²) >= 11 is 8.14. The molecule has 0 unspecified atom stereocenters. The number of halogens is 5. The van der Waals surface area contributed by atoms with E-state index in [-0.39, 0.29) is 21.0 Å². The van der Waals surface area contributed by atoms with Crippen LogP contribution in [-0.2, 0) is 16.0 Å². The minimum Gasteiger partial charge on any atom is -0.224 e. The Morgan fingerprint density at radius 2 is 1.88 bits per heavy atom. The maximum atomic E-state index is 12.4. The van der Waals surface area contributed by atoms with E-state index < -0.39 is 21.6 Å². The fourth-order valence-electron chi connectivity index (χ4n) is 1.14. The van der Waals surface area contributed by atoms with E-state index in [1.165, 1.54) is 0 Å². The topological polar surface area (TPSA) is 34.1 Å². The zero-order valence-electron chi connectivity index (χ0n) is 8.26. The molecular formula is C9H7BrClF3O2S. The van der Waals surface area contributed by atoms with Gasteiger partial charge < -0.3 is 0 Å². The number of rotatable bonds is 3. The number of hydrogen-bond donors (Lipinski definition) is 0. The van der Waals surface area contributed by atoms with E-state index in [9.17, 15) is 21.6 Å². The third-order valence-electron chi connectivity index (χ3n) is 1.94. The van der Waals surface area contributed by atoms with Gasteiger partial charge in [-0.2, -0.15) is 13.2 Å². The van der Waals surface area contributed by atoms with Gasteiger partial charge in [0.15, 0.2) is 9.84 Å². The van der Waals surface area contributed by atoms with Crippen molar-refractivity contribution in [1.29, 1.82) is 0 Å².